The van der Waals surface area contributed by atoms with Gasteiger partial charge >= 0.3 is 17.8 Å². The number of ketones is 1. The number of rotatable bonds is 11. The number of amides is 3. The molecule has 1 unspecified atom stereocenters. The molecule has 0 aliphatic heterocycles. The third-order valence-electron chi connectivity index (χ3n) is 5.34. The molecule has 10 nitrogen and oxygen atoms in total. The largest absolute Gasteiger partial charge is 0.480 e. The summed E-state index contributed by atoms with van der Waals surface area (Å²) in [7, 11) is 0. The normalized spacial score (nSPS) is 11.8. The first-order valence-electron chi connectivity index (χ1n) is 11.8. The van der Waals surface area contributed by atoms with Crippen LogP contribution >= 0.6 is 0 Å². The van der Waals surface area contributed by atoms with Gasteiger partial charge in [0.25, 0.3) is 0 Å². The molecule has 1 atom stereocenters. The van der Waals surface area contributed by atoms with Crippen molar-refractivity contribution in [3.05, 3.63) is 59.2 Å². The first-order valence-corrected chi connectivity index (χ1v) is 11.8. The summed E-state index contributed by atoms with van der Waals surface area (Å²) in [6.45, 7) is 4.26. The molecule has 2 aromatic carbocycles. The highest BCUT2D eigenvalue weighted by Gasteiger charge is 2.26. The molecule has 4 N–H and O–H groups in total. The smallest absolute Gasteiger partial charge is 0.326 e. The van der Waals surface area contributed by atoms with Gasteiger partial charge in [-0.15, -0.1) is 0 Å². The Balaban J connectivity index is 1.85. The van der Waals surface area contributed by atoms with Gasteiger partial charge in [-0.3, -0.25) is 19.2 Å². The van der Waals surface area contributed by atoms with Crippen molar-refractivity contribution in [1.29, 1.82) is 0 Å². The molecule has 0 heterocycles. The molecule has 0 aliphatic carbocycles. The molecule has 14 heteroatoms. The quantitative estimate of drug-likeness (QED) is 0.185. The second kappa shape index (κ2) is 13.5. The van der Waals surface area contributed by atoms with Crippen molar-refractivity contribution in [3.63, 3.8) is 0 Å². The van der Waals surface area contributed by atoms with Gasteiger partial charge in [-0.1, -0.05) is 39.0 Å². The third-order valence-corrected chi connectivity index (χ3v) is 5.34. The van der Waals surface area contributed by atoms with Gasteiger partial charge in [-0.05, 0) is 17.0 Å². The van der Waals surface area contributed by atoms with Gasteiger partial charge in [0.1, 0.15) is 12.6 Å². The Morgan fingerprint density at radius 3 is 2.12 bits per heavy atom. The van der Waals surface area contributed by atoms with Crippen LogP contribution in [0.5, 0.6) is 5.75 Å². The van der Waals surface area contributed by atoms with Crippen molar-refractivity contribution in [2.75, 3.05) is 18.5 Å². The molecule has 2 aromatic rings. The average Bonchev–Trinajstić information content (AvgIpc) is 2.86. The van der Waals surface area contributed by atoms with E-state index in [0.717, 1.165) is 5.56 Å². The van der Waals surface area contributed by atoms with E-state index in [4.69, 9.17) is 0 Å². The highest BCUT2D eigenvalue weighted by atomic mass is 19.2. The summed E-state index contributed by atoms with van der Waals surface area (Å²) in [6.07, 6.45) is -1.37. The van der Waals surface area contributed by atoms with Gasteiger partial charge < -0.3 is 25.8 Å². The molecule has 40 heavy (non-hydrogen) atoms. The van der Waals surface area contributed by atoms with E-state index in [0.29, 0.717) is 5.69 Å². The maximum absolute atomic E-state index is 13.6. The topological polar surface area (TPSA) is 151 Å². The molecule has 0 radical (unpaired) electrons. The molecule has 0 bridgehead atoms. The Labute approximate surface area is 226 Å². The maximum atomic E-state index is 13.6. The fourth-order valence-corrected chi connectivity index (χ4v) is 3.38. The molecule has 0 fully saturated rings. The minimum atomic E-state index is -1.89. The standard InChI is InChI=1S/C26H27F4N3O7/c1-26(2,3)14-6-4-5-7-17(14)33-24(37)23(36)31-9-8-19(35)32-18(25(38)39)10-13(34)12-40-22-20(29)15(27)11-16(28)21(22)30/h4-7,11,18H,8-10,12H2,1-3H3,(H,31,36)(H,32,35)(H,33,37)(H,38,39). The van der Waals surface area contributed by atoms with Crippen molar-refractivity contribution in [2.24, 2.45) is 0 Å². The maximum Gasteiger partial charge on any atom is 0.326 e. The van der Waals surface area contributed by atoms with Gasteiger partial charge in [-0.2, -0.15) is 8.78 Å². The van der Waals surface area contributed by atoms with E-state index in [1.807, 2.05) is 26.1 Å². The zero-order valence-corrected chi connectivity index (χ0v) is 21.7. The molecule has 0 saturated heterocycles. The molecule has 0 aromatic heterocycles. The van der Waals surface area contributed by atoms with E-state index in [1.54, 1.807) is 24.3 Å². The monoisotopic (exact) mass is 569 g/mol. The van der Waals surface area contributed by atoms with Crippen LogP contribution in [0.2, 0.25) is 0 Å². The molecule has 216 valence electrons. The third kappa shape index (κ3) is 8.78. The molecule has 0 aliphatic rings. The summed E-state index contributed by atoms with van der Waals surface area (Å²) in [6, 6.07) is 5.03. The number of carboxylic acid groups (broad SMARTS) is 1. The van der Waals surface area contributed by atoms with Crippen LogP contribution in [0.4, 0.5) is 23.2 Å². The number of hydrogen-bond donors (Lipinski definition) is 4. The Morgan fingerprint density at radius 2 is 1.55 bits per heavy atom. The van der Waals surface area contributed by atoms with Crippen LogP contribution < -0.4 is 20.7 Å². The number of para-hydroxylation sites is 1. The summed E-state index contributed by atoms with van der Waals surface area (Å²) in [5.74, 6) is -14.5. The predicted octanol–water partition coefficient (Wildman–Crippen LogP) is 2.59. The molecule has 0 spiro atoms. The lowest BCUT2D eigenvalue weighted by Gasteiger charge is -2.22. The van der Waals surface area contributed by atoms with Crippen LogP contribution in [-0.4, -0.2) is 53.8 Å². The van der Waals surface area contributed by atoms with E-state index < -0.39 is 84.0 Å². The van der Waals surface area contributed by atoms with Crippen LogP contribution in [0.15, 0.2) is 30.3 Å². The van der Waals surface area contributed by atoms with E-state index in [9.17, 15) is 46.6 Å². The molecular formula is C26H27F4N3O7. The van der Waals surface area contributed by atoms with E-state index in [2.05, 4.69) is 15.4 Å². The average molecular weight is 570 g/mol. The van der Waals surface area contributed by atoms with Crippen LogP contribution in [0.1, 0.15) is 39.2 Å². The Morgan fingerprint density at radius 1 is 0.950 bits per heavy atom. The number of hydrogen-bond acceptors (Lipinski definition) is 6. The highest BCUT2D eigenvalue weighted by Crippen LogP contribution is 2.29. The minimum Gasteiger partial charge on any atom is -0.480 e. The van der Waals surface area contributed by atoms with E-state index in [-0.39, 0.29) is 18.0 Å². The molecule has 0 saturated carbocycles. The summed E-state index contributed by atoms with van der Waals surface area (Å²) < 4.78 is 58.2. The van der Waals surface area contributed by atoms with Crippen molar-refractivity contribution >= 4 is 35.2 Å². The number of carbonyl (C=O) groups excluding carboxylic acids is 4. The fraction of sp³-hybridized carbons (Fsp3) is 0.346. The Hall–Kier alpha value is -4.49. The van der Waals surface area contributed by atoms with Crippen LogP contribution in [0.3, 0.4) is 0 Å². The lowest BCUT2D eigenvalue weighted by Crippen LogP contribution is -2.44. The number of Topliss-reactive ketones (excluding diaryl/α,β-unsaturated/α-hetero) is 1. The second-order valence-electron chi connectivity index (χ2n) is 9.54. The number of nitrogens with one attached hydrogen (secondary N) is 3. The Bertz CT molecular complexity index is 1290. The van der Waals surface area contributed by atoms with Crippen molar-refractivity contribution in [3.8, 4) is 5.75 Å². The van der Waals surface area contributed by atoms with E-state index in [1.165, 1.54) is 0 Å². The first kappa shape index (κ1) is 31.7. The number of carboxylic acids is 1. The van der Waals surface area contributed by atoms with Crippen LogP contribution in [0.25, 0.3) is 0 Å². The number of carbonyl (C=O) groups is 5. The first-order chi connectivity index (χ1) is 18.6. The predicted molar refractivity (Wildman–Crippen MR) is 132 cm³/mol. The summed E-state index contributed by atoms with van der Waals surface area (Å²) >= 11 is 0. The lowest BCUT2D eigenvalue weighted by molar-refractivity contribution is -0.143. The minimum absolute atomic E-state index is 0.0592. The number of anilines is 1. The van der Waals surface area contributed by atoms with Crippen molar-refractivity contribution in [1.82, 2.24) is 10.6 Å². The number of ether oxygens (including phenoxy) is 1. The van der Waals surface area contributed by atoms with Gasteiger partial charge in [0.05, 0.1) is 0 Å². The van der Waals surface area contributed by atoms with Crippen LogP contribution in [0, 0.1) is 23.3 Å². The zero-order valence-electron chi connectivity index (χ0n) is 21.7. The summed E-state index contributed by atoms with van der Waals surface area (Å²) in [4.78, 5) is 60.0. The van der Waals surface area contributed by atoms with Crippen LogP contribution in [-0.2, 0) is 29.4 Å². The van der Waals surface area contributed by atoms with Gasteiger partial charge in [0.15, 0.2) is 23.2 Å². The Kier molecular flexibility index (Phi) is 10.7. The molecule has 3 amide bonds. The lowest BCUT2D eigenvalue weighted by atomic mass is 9.86. The zero-order chi connectivity index (χ0) is 30.2. The summed E-state index contributed by atoms with van der Waals surface area (Å²) in [5, 5.41) is 16.0. The van der Waals surface area contributed by atoms with Gasteiger partial charge in [0.2, 0.25) is 17.5 Å². The number of benzene rings is 2. The molecular weight excluding hydrogens is 542 g/mol. The van der Waals surface area contributed by atoms with Gasteiger partial charge in [-0.25, -0.2) is 13.6 Å². The number of halogens is 4. The SMILES string of the molecule is CC(C)(C)c1ccccc1NC(=O)C(=O)NCCC(=O)NC(CC(=O)COc1c(F)c(F)cc(F)c1F)C(=O)O. The van der Waals surface area contributed by atoms with E-state index >= 15 is 0 Å². The summed E-state index contributed by atoms with van der Waals surface area (Å²) in [5.41, 5.74) is 0.892. The van der Waals surface area contributed by atoms with Crippen molar-refractivity contribution in [2.45, 2.75) is 45.1 Å². The highest BCUT2D eigenvalue weighted by molar-refractivity contribution is 6.39. The fourth-order valence-electron chi connectivity index (χ4n) is 3.38. The van der Waals surface area contributed by atoms with Crippen molar-refractivity contribution < 1.29 is 51.4 Å². The number of aliphatic carboxylic acids is 1. The second-order valence-corrected chi connectivity index (χ2v) is 9.54. The molecule has 2 rings (SSSR count). The van der Waals surface area contributed by atoms with Gasteiger partial charge in [0, 0.05) is 31.1 Å².